The average Bonchev–Trinajstić information content (AvgIpc) is 2.38. The summed E-state index contributed by atoms with van der Waals surface area (Å²) in [6.07, 6.45) is 0.673. The third-order valence-corrected chi connectivity index (χ3v) is 3.63. The number of amides is 1. The molecule has 110 valence electrons. The summed E-state index contributed by atoms with van der Waals surface area (Å²) in [6, 6.07) is 1.63. The zero-order valence-electron chi connectivity index (χ0n) is 11.9. The molecule has 0 aliphatic rings. The fourth-order valence-corrected chi connectivity index (χ4v) is 1.62. The highest BCUT2D eigenvalue weighted by atomic mass is 19.1. The van der Waals surface area contributed by atoms with Crippen LogP contribution in [0.5, 0.6) is 0 Å². The second kappa shape index (κ2) is 5.44. The topological polar surface area (TPSA) is 89.5 Å². The van der Waals surface area contributed by atoms with Crippen molar-refractivity contribution in [2.75, 3.05) is 12.8 Å². The summed E-state index contributed by atoms with van der Waals surface area (Å²) in [4.78, 5) is 23.8. The van der Waals surface area contributed by atoms with E-state index in [0.717, 1.165) is 6.07 Å². The van der Waals surface area contributed by atoms with Crippen LogP contribution in [0, 0.1) is 15.9 Å². The van der Waals surface area contributed by atoms with E-state index in [4.69, 9.17) is 5.73 Å². The van der Waals surface area contributed by atoms with Crippen LogP contribution in [0.3, 0.4) is 0 Å². The van der Waals surface area contributed by atoms with Crippen LogP contribution in [0.25, 0.3) is 0 Å². The van der Waals surface area contributed by atoms with Gasteiger partial charge in [0.2, 0.25) is 0 Å². The van der Waals surface area contributed by atoms with Crippen molar-refractivity contribution in [2.45, 2.75) is 32.7 Å². The maximum Gasteiger partial charge on any atom is 0.295 e. The Morgan fingerprint density at radius 1 is 1.50 bits per heavy atom. The van der Waals surface area contributed by atoms with Crippen molar-refractivity contribution in [1.29, 1.82) is 0 Å². The number of nitro benzene ring substituents is 1. The van der Waals surface area contributed by atoms with Gasteiger partial charge in [-0.1, -0.05) is 6.92 Å². The molecule has 1 rings (SSSR count). The van der Waals surface area contributed by atoms with Crippen LogP contribution >= 0.6 is 0 Å². The fourth-order valence-electron chi connectivity index (χ4n) is 1.62. The Balaban J connectivity index is 3.34. The number of benzene rings is 1. The van der Waals surface area contributed by atoms with Gasteiger partial charge in [-0.3, -0.25) is 14.9 Å². The van der Waals surface area contributed by atoms with Crippen LogP contribution in [0.2, 0.25) is 0 Å². The van der Waals surface area contributed by atoms with E-state index < -0.39 is 27.9 Å². The molecule has 0 heterocycles. The quantitative estimate of drug-likeness (QED) is 0.522. The molecule has 0 saturated heterocycles. The van der Waals surface area contributed by atoms with Gasteiger partial charge in [0.25, 0.3) is 11.6 Å². The smallest absolute Gasteiger partial charge is 0.295 e. The number of halogens is 1. The molecule has 0 atom stereocenters. The van der Waals surface area contributed by atoms with Crippen molar-refractivity contribution in [2.24, 2.45) is 0 Å². The van der Waals surface area contributed by atoms with Crippen molar-refractivity contribution in [3.8, 4) is 0 Å². The minimum absolute atomic E-state index is 0.194. The fraction of sp³-hybridized carbons (Fsp3) is 0.462. The Morgan fingerprint density at radius 2 is 2.05 bits per heavy atom. The molecule has 0 aliphatic carbocycles. The molecule has 0 spiro atoms. The Morgan fingerprint density at radius 3 is 2.50 bits per heavy atom. The van der Waals surface area contributed by atoms with E-state index in [1.54, 1.807) is 7.05 Å². The average molecular weight is 283 g/mol. The molecule has 0 aromatic heterocycles. The Kier molecular flexibility index (Phi) is 4.32. The number of rotatable bonds is 4. The van der Waals surface area contributed by atoms with E-state index in [-0.39, 0.29) is 11.3 Å². The molecule has 1 aromatic rings. The highest BCUT2D eigenvalue weighted by Gasteiger charge is 2.30. The van der Waals surface area contributed by atoms with Crippen LogP contribution in [0.4, 0.5) is 15.8 Å². The molecule has 0 fully saturated rings. The Labute approximate surface area is 116 Å². The van der Waals surface area contributed by atoms with Gasteiger partial charge >= 0.3 is 0 Å². The number of anilines is 1. The van der Waals surface area contributed by atoms with Crippen molar-refractivity contribution in [1.82, 2.24) is 4.90 Å². The molecule has 1 amide bonds. The van der Waals surface area contributed by atoms with Crippen molar-refractivity contribution >= 4 is 17.3 Å². The van der Waals surface area contributed by atoms with Gasteiger partial charge in [0.15, 0.2) is 0 Å². The van der Waals surface area contributed by atoms with Gasteiger partial charge in [-0.25, -0.2) is 4.39 Å². The molecule has 0 saturated carbocycles. The van der Waals surface area contributed by atoms with Crippen molar-refractivity contribution < 1.29 is 14.1 Å². The van der Waals surface area contributed by atoms with Gasteiger partial charge in [-0.15, -0.1) is 0 Å². The summed E-state index contributed by atoms with van der Waals surface area (Å²) in [5.74, 6) is -1.41. The summed E-state index contributed by atoms with van der Waals surface area (Å²) in [6.45, 7) is 5.59. The molecule has 7 heteroatoms. The second-order valence-corrected chi connectivity index (χ2v) is 5.17. The number of nitrogen functional groups attached to an aromatic ring is 1. The van der Waals surface area contributed by atoms with Crippen LogP contribution in [-0.2, 0) is 0 Å². The highest BCUT2D eigenvalue weighted by molar-refractivity contribution is 6.01. The maximum atomic E-state index is 13.4. The first kappa shape index (κ1) is 15.9. The molecule has 0 unspecified atom stereocenters. The standard InChI is InChI=1S/C13H18FN3O3/c1-5-13(2,3)16(4)12(18)9-6-8(14)7-10(11(9)15)17(19)20/h6-7H,5,15H2,1-4H3. The number of nitrogens with two attached hydrogens (primary N) is 1. The lowest BCUT2D eigenvalue weighted by molar-refractivity contribution is -0.384. The molecule has 0 bridgehead atoms. The van der Waals surface area contributed by atoms with E-state index in [2.05, 4.69) is 0 Å². The Bertz CT molecular complexity index is 558. The first-order chi connectivity index (χ1) is 9.11. The molecular weight excluding hydrogens is 265 g/mol. The normalized spacial score (nSPS) is 11.2. The zero-order valence-corrected chi connectivity index (χ0v) is 11.9. The van der Waals surface area contributed by atoms with E-state index in [1.807, 2.05) is 20.8 Å². The van der Waals surface area contributed by atoms with E-state index in [0.29, 0.717) is 12.5 Å². The van der Waals surface area contributed by atoms with E-state index in [1.165, 1.54) is 4.90 Å². The summed E-state index contributed by atoms with van der Waals surface area (Å²) >= 11 is 0. The monoisotopic (exact) mass is 283 g/mol. The minimum Gasteiger partial charge on any atom is -0.393 e. The summed E-state index contributed by atoms with van der Waals surface area (Å²) < 4.78 is 13.4. The van der Waals surface area contributed by atoms with E-state index in [9.17, 15) is 19.3 Å². The lowest BCUT2D eigenvalue weighted by atomic mass is 9.98. The van der Waals surface area contributed by atoms with Crippen LogP contribution < -0.4 is 5.73 Å². The highest BCUT2D eigenvalue weighted by Crippen LogP contribution is 2.29. The number of carbonyl (C=O) groups is 1. The van der Waals surface area contributed by atoms with E-state index >= 15 is 0 Å². The molecule has 0 aliphatic heterocycles. The first-order valence-electron chi connectivity index (χ1n) is 6.13. The molecule has 6 nitrogen and oxygen atoms in total. The summed E-state index contributed by atoms with van der Waals surface area (Å²) in [7, 11) is 1.56. The SMILES string of the molecule is CCC(C)(C)N(C)C(=O)c1cc(F)cc([N+](=O)[O-])c1N. The van der Waals surface area contributed by atoms with Gasteiger partial charge in [-0.2, -0.15) is 0 Å². The lowest BCUT2D eigenvalue weighted by Gasteiger charge is -2.35. The molecule has 1 aromatic carbocycles. The predicted octanol–water partition coefficient (Wildman–Crippen LogP) is 2.58. The second-order valence-electron chi connectivity index (χ2n) is 5.17. The predicted molar refractivity (Wildman–Crippen MR) is 73.9 cm³/mol. The van der Waals surface area contributed by atoms with Crippen molar-refractivity contribution in [3.63, 3.8) is 0 Å². The van der Waals surface area contributed by atoms with Gasteiger partial charge in [0.05, 0.1) is 16.6 Å². The number of nitro groups is 1. The molecule has 20 heavy (non-hydrogen) atoms. The molecule has 0 radical (unpaired) electrons. The van der Waals surface area contributed by atoms with Crippen molar-refractivity contribution in [3.05, 3.63) is 33.6 Å². The summed E-state index contributed by atoms with van der Waals surface area (Å²) in [5, 5.41) is 10.8. The number of nitrogens with zero attached hydrogens (tertiary/aromatic N) is 2. The van der Waals surface area contributed by atoms with Crippen LogP contribution in [0.15, 0.2) is 12.1 Å². The third-order valence-electron chi connectivity index (χ3n) is 3.63. The van der Waals surface area contributed by atoms with Gasteiger partial charge in [0.1, 0.15) is 11.5 Å². The maximum absolute atomic E-state index is 13.4. The minimum atomic E-state index is -0.864. The van der Waals surface area contributed by atoms with Gasteiger partial charge in [-0.05, 0) is 26.3 Å². The zero-order chi connectivity index (χ0) is 15.7. The number of carbonyl (C=O) groups excluding carboxylic acids is 1. The van der Waals surface area contributed by atoms with Crippen LogP contribution in [0.1, 0.15) is 37.6 Å². The largest absolute Gasteiger partial charge is 0.393 e. The third kappa shape index (κ3) is 2.87. The molecular formula is C13H18FN3O3. The van der Waals surface area contributed by atoms with Gasteiger partial charge < -0.3 is 10.6 Å². The number of hydrogen-bond acceptors (Lipinski definition) is 4. The lowest BCUT2D eigenvalue weighted by Crippen LogP contribution is -2.44. The molecule has 2 N–H and O–H groups in total. The number of hydrogen-bond donors (Lipinski definition) is 1. The summed E-state index contributed by atoms with van der Waals surface area (Å²) in [5.41, 5.74) is 4.04. The van der Waals surface area contributed by atoms with Gasteiger partial charge in [0, 0.05) is 12.6 Å². The van der Waals surface area contributed by atoms with Crippen LogP contribution in [-0.4, -0.2) is 28.3 Å². The Hall–Kier alpha value is -2.18. The first-order valence-corrected chi connectivity index (χ1v) is 6.13.